The number of hydrogen-bond donors (Lipinski definition) is 9. The number of carbonyl (C=O) groups excluding carboxylic acids is 10. The zero-order chi connectivity index (χ0) is 57.3. The Labute approximate surface area is 461 Å². The summed E-state index contributed by atoms with van der Waals surface area (Å²) in [6.45, 7) is 1.15. The predicted molar refractivity (Wildman–Crippen MR) is 289 cm³/mol. The normalized spacial score (nSPS) is 20.0. The van der Waals surface area contributed by atoms with E-state index in [1.807, 2.05) is 11.0 Å². The van der Waals surface area contributed by atoms with Gasteiger partial charge in [0.15, 0.2) is 0 Å². The molecule has 24 heteroatoms. The fourth-order valence-corrected chi connectivity index (χ4v) is 11.2. The van der Waals surface area contributed by atoms with Crippen LogP contribution in [0.2, 0.25) is 0 Å². The van der Waals surface area contributed by atoms with E-state index in [0.29, 0.717) is 60.8 Å². The highest BCUT2D eigenvalue weighted by atomic mass is 31.2. The molecule has 3 saturated heterocycles. The molecular formula is C56H65N10O13P. The molecular weight excluding hydrogens is 1050 g/mol. The molecule has 422 valence electrons. The molecule has 4 aliphatic heterocycles. The van der Waals surface area contributed by atoms with E-state index in [2.05, 4.69) is 43.4 Å². The Balaban J connectivity index is 0.839. The third-order valence-corrected chi connectivity index (χ3v) is 15.7. The molecule has 3 unspecified atom stereocenters. The smallest absolute Gasteiger partial charge is 0.370 e. The van der Waals surface area contributed by atoms with Crippen molar-refractivity contribution in [2.24, 2.45) is 5.73 Å². The molecule has 3 aromatic carbocycles. The first-order chi connectivity index (χ1) is 38.3. The van der Waals surface area contributed by atoms with Crippen LogP contribution >= 0.6 is 7.60 Å². The second kappa shape index (κ2) is 25.8. The highest BCUT2D eigenvalue weighted by molar-refractivity contribution is 7.70. The molecule has 0 saturated carbocycles. The molecule has 0 spiro atoms. The minimum Gasteiger partial charge on any atom is -0.370 e. The van der Waals surface area contributed by atoms with E-state index in [0.717, 1.165) is 36.8 Å². The van der Waals surface area contributed by atoms with Crippen molar-refractivity contribution in [2.75, 3.05) is 26.7 Å². The monoisotopic (exact) mass is 1120 g/mol. The van der Waals surface area contributed by atoms with Gasteiger partial charge in [-0.3, -0.25) is 57.8 Å². The molecule has 4 aliphatic rings. The quantitative estimate of drug-likeness (QED) is 0.0250. The molecule has 6 atom stereocenters. The molecule has 0 bridgehead atoms. The van der Waals surface area contributed by atoms with Crippen molar-refractivity contribution in [3.63, 3.8) is 0 Å². The predicted octanol–water partition coefficient (Wildman–Crippen LogP) is 2.16. The maximum absolute atomic E-state index is 14.5. The second-order valence-corrected chi connectivity index (χ2v) is 22.2. The molecule has 8 rings (SSSR count). The summed E-state index contributed by atoms with van der Waals surface area (Å²) in [4.78, 5) is 159. The van der Waals surface area contributed by atoms with Crippen LogP contribution in [-0.4, -0.2) is 145 Å². The van der Waals surface area contributed by atoms with Crippen molar-refractivity contribution >= 4 is 77.2 Å². The SMILES string of the molecule is CN1CC[C@H]2CC[C@@H](C(=O)NC(CCC(N)=O)C(=O)NC(C(=O)NCCCCCCCC#Cc3cccc4c3CN(C3CCC(=O)NC3=O)C4=O)c3ccccc3)N2C(=O)[C@@H](NC(=O)c2cc3cc(C(=O)P(=O)(O)O)ccc3[nH]2)C1. The third kappa shape index (κ3) is 14.0. The third-order valence-electron chi connectivity index (χ3n) is 15.0. The average molecular weight is 1120 g/mol. The number of nitrogens with one attached hydrogen (secondary N) is 6. The van der Waals surface area contributed by atoms with E-state index in [1.165, 1.54) is 34.1 Å². The Morgan fingerprint density at radius 3 is 2.38 bits per heavy atom. The summed E-state index contributed by atoms with van der Waals surface area (Å²) >= 11 is 0. The summed E-state index contributed by atoms with van der Waals surface area (Å²) in [5, 5.41) is 13.8. The number of carbonyl (C=O) groups is 10. The van der Waals surface area contributed by atoms with Crippen LogP contribution in [0.15, 0.2) is 72.8 Å². The number of benzene rings is 3. The van der Waals surface area contributed by atoms with Gasteiger partial charge in [0.05, 0.1) is 0 Å². The first kappa shape index (κ1) is 58.1. The lowest BCUT2D eigenvalue weighted by Gasteiger charge is -2.38. The van der Waals surface area contributed by atoms with Gasteiger partial charge < -0.3 is 56.5 Å². The van der Waals surface area contributed by atoms with E-state index in [9.17, 15) is 62.3 Å². The molecule has 0 aliphatic carbocycles. The average Bonchev–Trinajstić information content (AvgIpc) is 4.24. The van der Waals surface area contributed by atoms with Crippen LogP contribution in [0.1, 0.15) is 137 Å². The van der Waals surface area contributed by atoms with Crippen molar-refractivity contribution in [2.45, 2.75) is 126 Å². The largest absolute Gasteiger partial charge is 0.396 e. The fourth-order valence-electron chi connectivity index (χ4n) is 10.7. The van der Waals surface area contributed by atoms with Crippen LogP contribution in [0.5, 0.6) is 0 Å². The van der Waals surface area contributed by atoms with Crippen LogP contribution < -0.4 is 32.3 Å². The topological polar surface area (TPSA) is 340 Å². The van der Waals surface area contributed by atoms with Gasteiger partial charge in [0.2, 0.25) is 41.4 Å². The van der Waals surface area contributed by atoms with Gasteiger partial charge in [-0.15, -0.1) is 0 Å². The van der Waals surface area contributed by atoms with E-state index in [4.69, 9.17) is 5.73 Å². The lowest BCUT2D eigenvalue weighted by molar-refractivity contribution is -0.144. The van der Waals surface area contributed by atoms with Crippen LogP contribution in [0, 0.1) is 11.8 Å². The van der Waals surface area contributed by atoms with E-state index >= 15 is 0 Å². The summed E-state index contributed by atoms with van der Waals surface area (Å²) in [6, 6.07) is 13.3. The van der Waals surface area contributed by atoms with Gasteiger partial charge >= 0.3 is 7.60 Å². The first-order valence-corrected chi connectivity index (χ1v) is 28.4. The second-order valence-electron chi connectivity index (χ2n) is 20.7. The van der Waals surface area contributed by atoms with Gasteiger partial charge in [-0.25, -0.2) is 0 Å². The number of aromatic amines is 1. The number of likely N-dealkylation sites (N-methyl/N-ethyl adjacent to an activating group) is 1. The van der Waals surface area contributed by atoms with Gasteiger partial charge in [0.1, 0.15) is 35.9 Å². The summed E-state index contributed by atoms with van der Waals surface area (Å²) < 4.78 is 11.6. The Bertz CT molecular complexity index is 3200. The highest BCUT2D eigenvalue weighted by Crippen LogP contribution is 2.39. The number of primary amides is 1. The number of nitrogens with two attached hydrogens (primary N) is 1. The van der Waals surface area contributed by atoms with Crippen LogP contribution in [-0.2, 0) is 44.7 Å². The number of piperidine rings is 1. The van der Waals surface area contributed by atoms with Crippen molar-refractivity contribution in [3.8, 4) is 11.8 Å². The molecule has 4 aromatic rings. The summed E-state index contributed by atoms with van der Waals surface area (Å²) in [6.07, 6.45) is 5.78. The minimum absolute atomic E-state index is 0.00113. The number of amides is 9. The number of aromatic nitrogens is 1. The molecule has 5 heterocycles. The standard InChI is InChI=1S/C56H65N10O13P/c1-64-28-26-37-19-22-45(66(37)55(75)43(32-64)61-50(70)42-30-36-29-35(18-20-40(36)59-42)56(76)80(77,78)79)52(72)60-41(21-24-46(57)67)49(69)63-48(34-14-9-7-10-15-34)53(73)58-27-11-6-4-2-3-5-8-13-33-16-12-17-38-39(33)31-65(54(38)74)44-23-25-47(68)62-51(44)71/h7,9-10,12,14-18,20,29-30,37,41,43-45,48,59H,2-6,11,19,21-28,31-32H2,1H3,(H2,57,67)(H,58,73)(H,60,72)(H,61,70)(H,63,69)(H,62,68,71)(H2,77,78,79)/t37-,41?,43+,44?,45+,48?/m1/s1. The van der Waals surface area contributed by atoms with Gasteiger partial charge in [-0.1, -0.05) is 67.5 Å². The maximum atomic E-state index is 14.5. The number of rotatable bonds is 21. The summed E-state index contributed by atoms with van der Waals surface area (Å²) in [5.74, 6) is 1.44. The minimum atomic E-state index is -5.07. The number of unbranched alkanes of at least 4 members (excludes halogenated alkanes) is 5. The molecule has 1 aromatic heterocycles. The Hall–Kier alpha value is -8.03. The molecule has 23 nitrogen and oxygen atoms in total. The number of nitrogens with zero attached hydrogens (tertiary/aromatic N) is 3. The van der Waals surface area contributed by atoms with Gasteiger partial charge in [0, 0.05) is 72.5 Å². The van der Waals surface area contributed by atoms with Gasteiger partial charge in [-0.05, 0) is 106 Å². The molecule has 3 fully saturated rings. The van der Waals surface area contributed by atoms with Crippen molar-refractivity contribution in [1.29, 1.82) is 0 Å². The van der Waals surface area contributed by atoms with Crippen LogP contribution in [0.25, 0.3) is 10.9 Å². The molecule has 80 heavy (non-hydrogen) atoms. The maximum Gasteiger partial charge on any atom is 0.396 e. The lowest BCUT2D eigenvalue weighted by Crippen LogP contribution is -2.61. The fraction of sp³-hybridized carbons (Fsp3) is 0.429. The van der Waals surface area contributed by atoms with E-state index < -0.39 is 90.7 Å². The zero-order valence-corrected chi connectivity index (χ0v) is 45.1. The number of fused-ring (bicyclic) bond motifs is 3. The van der Waals surface area contributed by atoms with Crippen molar-refractivity contribution in [1.82, 2.24) is 46.3 Å². The van der Waals surface area contributed by atoms with Crippen molar-refractivity contribution in [3.05, 3.63) is 106 Å². The Kier molecular flexibility index (Phi) is 18.8. The van der Waals surface area contributed by atoms with E-state index in [-0.39, 0.29) is 68.3 Å². The zero-order valence-electron chi connectivity index (χ0n) is 44.2. The number of H-pyrrole nitrogens is 1. The summed E-state index contributed by atoms with van der Waals surface area (Å²) in [7, 11) is -3.27. The molecule has 10 N–H and O–H groups in total. The number of hydrogen-bond acceptors (Lipinski definition) is 12. The van der Waals surface area contributed by atoms with Crippen LogP contribution in [0.3, 0.4) is 0 Å². The first-order valence-electron chi connectivity index (χ1n) is 26.8. The van der Waals surface area contributed by atoms with Crippen LogP contribution in [0.4, 0.5) is 0 Å². The van der Waals surface area contributed by atoms with Crippen molar-refractivity contribution < 1.29 is 62.3 Å². The lowest BCUT2D eigenvalue weighted by atomic mass is 10.0. The Morgan fingerprint density at radius 1 is 0.863 bits per heavy atom. The molecule has 9 amide bonds. The summed E-state index contributed by atoms with van der Waals surface area (Å²) in [5.41, 5.74) is 6.75. The van der Waals surface area contributed by atoms with Gasteiger partial charge in [-0.2, -0.15) is 0 Å². The van der Waals surface area contributed by atoms with Gasteiger partial charge in [0.25, 0.3) is 17.3 Å². The van der Waals surface area contributed by atoms with E-state index in [1.54, 1.807) is 49.5 Å². The highest BCUT2D eigenvalue weighted by Gasteiger charge is 2.46. The Morgan fingerprint density at radius 2 is 1.62 bits per heavy atom. The molecule has 0 radical (unpaired) electrons. The number of imide groups is 1.